The number of amides is 1. The fourth-order valence-corrected chi connectivity index (χ4v) is 3.99. The number of para-hydroxylation sites is 1. The zero-order chi connectivity index (χ0) is 23.3. The number of ether oxygens (including phenoxy) is 1. The Hall–Kier alpha value is -3.20. The minimum absolute atomic E-state index is 0. The van der Waals surface area contributed by atoms with Gasteiger partial charge in [-0.15, -0.1) is 10.2 Å². The number of fused-ring (bicyclic) bond motifs is 2. The van der Waals surface area contributed by atoms with E-state index in [0.29, 0.717) is 17.9 Å². The topological polar surface area (TPSA) is 106 Å². The van der Waals surface area contributed by atoms with E-state index in [0.717, 1.165) is 58.1 Å². The molecule has 0 spiro atoms. The third kappa shape index (κ3) is 5.73. The Morgan fingerprint density at radius 3 is 2.74 bits per heavy atom. The molecule has 5 rings (SSSR count). The van der Waals surface area contributed by atoms with Crippen molar-refractivity contribution in [2.75, 3.05) is 0 Å². The van der Waals surface area contributed by atoms with Crippen LogP contribution in [-0.4, -0.2) is 56.1 Å². The van der Waals surface area contributed by atoms with E-state index < -0.39 is 0 Å². The van der Waals surface area contributed by atoms with Crippen LogP contribution in [0.1, 0.15) is 47.3 Å². The molecule has 0 bridgehead atoms. The molecule has 5 aromatic rings. The van der Waals surface area contributed by atoms with Crippen LogP contribution in [0.3, 0.4) is 0 Å². The quantitative estimate of drug-likeness (QED) is 0.301. The summed E-state index contributed by atoms with van der Waals surface area (Å²) in [4.78, 5) is 13.2. The standard InChI is InChI=1S/C26H25N5O3.Na/c1-2-3-7-23-25(21-6-4-5-8-22(21)34-23)26(32)27-15-17-9-10-19-14-20(12-11-18(19)13-17)33-16-24-28-30-31-29-24;/h4-6,8-14H,2-3,7,15-16H2,1H3,(H,27,32)(H,28,29,30,31);. The first-order chi connectivity index (χ1) is 16.7. The maximum absolute atomic E-state index is 13.2. The Balaban J connectivity index is 0.00000289. The number of nitrogens with zero attached hydrogens (tertiary/aromatic N) is 3. The number of hydrogen-bond acceptors (Lipinski definition) is 6. The van der Waals surface area contributed by atoms with Gasteiger partial charge in [-0.05, 0) is 47.0 Å². The van der Waals surface area contributed by atoms with Crippen LogP contribution in [0.15, 0.2) is 65.1 Å². The van der Waals surface area contributed by atoms with Gasteiger partial charge in [-0.3, -0.25) is 4.79 Å². The summed E-state index contributed by atoms with van der Waals surface area (Å²) < 4.78 is 11.7. The Bertz CT molecular complexity index is 1430. The fraction of sp³-hybridized carbons (Fsp3) is 0.231. The number of carbonyl (C=O) groups excluding carboxylic acids is 1. The number of benzene rings is 3. The van der Waals surface area contributed by atoms with Crippen molar-refractivity contribution in [2.45, 2.75) is 39.3 Å². The molecular formula is C26H25N5NaO3. The zero-order valence-corrected chi connectivity index (χ0v) is 21.9. The normalized spacial score (nSPS) is 10.9. The van der Waals surface area contributed by atoms with Crippen LogP contribution in [0.2, 0.25) is 0 Å². The Labute approximate surface area is 224 Å². The number of carbonyl (C=O) groups is 1. The van der Waals surface area contributed by atoms with Crippen molar-refractivity contribution >= 4 is 57.2 Å². The molecular weight excluding hydrogens is 453 g/mol. The molecule has 2 aromatic heterocycles. The van der Waals surface area contributed by atoms with Gasteiger partial charge in [0, 0.05) is 47.9 Å². The van der Waals surface area contributed by atoms with E-state index in [1.54, 1.807) is 0 Å². The molecule has 0 unspecified atom stereocenters. The van der Waals surface area contributed by atoms with Gasteiger partial charge in [0.15, 0.2) is 6.61 Å². The van der Waals surface area contributed by atoms with Gasteiger partial charge in [-0.2, -0.15) is 5.21 Å². The van der Waals surface area contributed by atoms with E-state index in [1.807, 2.05) is 54.6 Å². The number of nitrogens with one attached hydrogen (secondary N) is 2. The number of unbranched alkanes of at least 4 members (excludes halogenated alkanes) is 1. The zero-order valence-electron chi connectivity index (χ0n) is 19.9. The summed E-state index contributed by atoms with van der Waals surface area (Å²) >= 11 is 0. The van der Waals surface area contributed by atoms with Crippen molar-refractivity contribution in [3.63, 3.8) is 0 Å². The predicted molar refractivity (Wildman–Crippen MR) is 134 cm³/mol. The second-order valence-electron chi connectivity index (χ2n) is 8.14. The molecule has 8 nitrogen and oxygen atoms in total. The summed E-state index contributed by atoms with van der Waals surface area (Å²) in [7, 11) is 0. The summed E-state index contributed by atoms with van der Waals surface area (Å²) in [6.07, 6.45) is 2.77. The Morgan fingerprint density at radius 1 is 1.09 bits per heavy atom. The van der Waals surface area contributed by atoms with E-state index in [-0.39, 0.29) is 42.1 Å². The Morgan fingerprint density at radius 2 is 1.91 bits per heavy atom. The molecule has 1 amide bonds. The van der Waals surface area contributed by atoms with Gasteiger partial charge >= 0.3 is 0 Å². The van der Waals surface area contributed by atoms with Crippen LogP contribution in [0, 0.1) is 0 Å². The van der Waals surface area contributed by atoms with Crippen LogP contribution in [0.25, 0.3) is 21.7 Å². The molecule has 2 N–H and O–H groups in total. The SMILES string of the molecule is CCCCc1oc2ccccc2c1C(=O)NCc1ccc2cc(OCc3nn[nH]n3)ccc2c1.[Na]. The summed E-state index contributed by atoms with van der Waals surface area (Å²) in [5.41, 5.74) is 2.42. The number of furan rings is 1. The summed E-state index contributed by atoms with van der Waals surface area (Å²) in [6, 6.07) is 19.7. The van der Waals surface area contributed by atoms with Gasteiger partial charge in [0.25, 0.3) is 5.91 Å². The van der Waals surface area contributed by atoms with Crippen LogP contribution in [-0.2, 0) is 19.6 Å². The van der Waals surface area contributed by atoms with E-state index in [2.05, 4.69) is 38.9 Å². The molecule has 9 heteroatoms. The summed E-state index contributed by atoms with van der Waals surface area (Å²) in [5.74, 6) is 1.87. The molecule has 0 aliphatic rings. The minimum atomic E-state index is -0.110. The molecule has 0 aliphatic carbocycles. The molecule has 35 heavy (non-hydrogen) atoms. The van der Waals surface area contributed by atoms with E-state index >= 15 is 0 Å². The average molecular weight is 479 g/mol. The van der Waals surface area contributed by atoms with Gasteiger partial charge in [0.1, 0.15) is 17.1 Å². The van der Waals surface area contributed by atoms with Gasteiger partial charge < -0.3 is 14.5 Å². The van der Waals surface area contributed by atoms with Crippen molar-refractivity contribution in [1.29, 1.82) is 0 Å². The first-order valence-corrected chi connectivity index (χ1v) is 11.4. The molecule has 0 atom stereocenters. The van der Waals surface area contributed by atoms with Crippen LogP contribution in [0.4, 0.5) is 0 Å². The van der Waals surface area contributed by atoms with Crippen molar-refractivity contribution in [3.05, 3.63) is 83.4 Å². The first kappa shape index (κ1) is 24.9. The monoisotopic (exact) mass is 478 g/mol. The van der Waals surface area contributed by atoms with Crippen molar-refractivity contribution < 1.29 is 13.9 Å². The smallest absolute Gasteiger partial charge is 0.255 e. The summed E-state index contributed by atoms with van der Waals surface area (Å²) in [6.45, 7) is 2.80. The van der Waals surface area contributed by atoms with E-state index in [1.165, 1.54) is 0 Å². The maximum Gasteiger partial charge on any atom is 0.255 e. The number of aromatic nitrogens is 4. The van der Waals surface area contributed by atoms with Crippen molar-refractivity contribution in [3.8, 4) is 5.75 Å². The first-order valence-electron chi connectivity index (χ1n) is 11.4. The molecule has 173 valence electrons. The molecule has 0 saturated heterocycles. The number of rotatable bonds is 9. The molecule has 0 fully saturated rings. The van der Waals surface area contributed by atoms with Crippen molar-refractivity contribution in [1.82, 2.24) is 25.9 Å². The van der Waals surface area contributed by atoms with E-state index in [9.17, 15) is 4.79 Å². The number of aryl methyl sites for hydroxylation is 1. The third-order valence-electron chi connectivity index (χ3n) is 5.74. The molecule has 3 aromatic carbocycles. The fourth-order valence-electron chi connectivity index (χ4n) is 3.99. The van der Waals surface area contributed by atoms with Gasteiger partial charge in [0.05, 0.1) is 5.56 Å². The van der Waals surface area contributed by atoms with Crippen LogP contribution in [0.5, 0.6) is 5.75 Å². The third-order valence-corrected chi connectivity index (χ3v) is 5.74. The number of aromatic amines is 1. The Kier molecular flexibility index (Phi) is 8.17. The molecule has 0 aliphatic heterocycles. The number of hydrogen-bond donors (Lipinski definition) is 2. The second kappa shape index (κ2) is 11.5. The van der Waals surface area contributed by atoms with E-state index in [4.69, 9.17) is 9.15 Å². The van der Waals surface area contributed by atoms with Crippen LogP contribution < -0.4 is 10.1 Å². The molecule has 1 radical (unpaired) electrons. The minimum Gasteiger partial charge on any atom is -0.485 e. The summed E-state index contributed by atoms with van der Waals surface area (Å²) in [5, 5.41) is 19.7. The van der Waals surface area contributed by atoms with Gasteiger partial charge in [0.2, 0.25) is 5.82 Å². The second-order valence-corrected chi connectivity index (χ2v) is 8.14. The van der Waals surface area contributed by atoms with Gasteiger partial charge in [-0.25, -0.2) is 0 Å². The molecule has 0 saturated carbocycles. The predicted octanol–water partition coefficient (Wildman–Crippen LogP) is 4.57. The number of tetrazole rings is 1. The molecule has 2 heterocycles. The van der Waals surface area contributed by atoms with Crippen molar-refractivity contribution in [2.24, 2.45) is 0 Å². The largest absolute Gasteiger partial charge is 0.485 e. The van der Waals surface area contributed by atoms with Gasteiger partial charge in [-0.1, -0.05) is 55.0 Å². The average Bonchev–Trinajstić information content (AvgIpc) is 3.52. The van der Waals surface area contributed by atoms with Crippen LogP contribution >= 0.6 is 0 Å². The number of H-pyrrole nitrogens is 1. The maximum atomic E-state index is 13.2.